The van der Waals surface area contributed by atoms with Crippen molar-refractivity contribution in [1.82, 2.24) is 5.32 Å². The number of para-hydroxylation sites is 1. The van der Waals surface area contributed by atoms with Gasteiger partial charge in [-0.05, 0) is 12.5 Å². The molecule has 0 radical (unpaired) electrons. The minimum atomic E-state index is -0.955. The van der Waals surface area contributed by atoms with Crippen molar-refractivity contribution in [1.29, 1.82) is 0 Å². The number of hydrogen-bond acceptors (Lipinski definition) is 3. The lowest BCUT2D eigenvalue weighted by atomic mass is 9.93. The summed E-state index contributed by atoms with van der Waals surface area (Å²) in [4.78, 5) is 22.5. The molecule has 2 N–H and O–H groups in total. The van der Waals surface area contributed by atoms with Gasteiger partial charge in [-0.1, -0.05) is 18.2 Å². The van der Waals surface area contributed by atoms with E-state index in [-0.39, 0.29) is 18.7 Å². The van der Waals surface area contributed by atoms with E-state index in [1.54, 1.807) is 24.3 Å². The summed E-state index contributed by atoms with van der Waals surface area (Å²) in [5.41, 5.74) is 0.594. The summed E-state index contributed by atoms with van der Waals surface area (Å²) in [6.07, 6.45) is 0.418. The lowest BCUT2D eigenvalue weighted by molar-refractivity contribution is -0.139. The third-order valence-electron chi connectivity index (χ3n) is 2.75. The third-order valence-corrected chi connectivity index (χ3v) is 2.75. The molecule has 18 heavy (non-hydrogen) atoms. The molecule has 5 heteroatoms. The van der Waals surface area contributed by atoms with Crippen molar-refractivity contribution in [2.75, 3.05) is 14.2 Å². The first kappa shape index (κ1) is 14.0. The van der Waals surface area contributed by atoms with Crippen molar-refractivity contribution < 1.29 is 19.4 Å². The van der Waals surface area contributed by atoms with Gasteiger partial charge in [0.1, 0.15) is 5.75 Å². The van der Waals surface area contributed by atoms with Gasteiger partial charge in [0.15, 0.2) is 0 Å². The third kappa shape index (κ3) is 3.48. The predicted molar refractivity (Wildman–Crippen MR) is 66.7 cm³/mol. The van der Waals surface area contributed by atoms with Crippen LogP contribution in [0.3, 0.4) is 0 Å². The molecule has 1 unspecified atom stereocenters. The Hall–Kier alpha value is -2.04. The second kappa shape index (κ2) is 6.64. The van der Waals surface area contributed by atoms with Gasteiger partial charge in [0.2, 0.25) is 5.91 Å². The first-order valence-corrected chi connectivity index (χ1v) is 5.66. The number of rotatable bonds is 6. The Labute approximate surface area is 106 Å². The zero-order valence-electron chi connectivity index (χ0n) is 10.5. The number of carbonyl (C=O) groups is 2. The van der Waals surface area contributed by atoms with Crippen LogP contribution in [0.15, 0.2) is 24.3 Å². The number of carboxylic acids is 1. The molecule has 0 aliphatic carbocycles. The highest BCUT2D eigenvalue weighted by molar-refractivity contribution is 5.80. The molecule has 0 saturated heterocycles. The molecule has 5 nitrogen and oxygen atoms in total. The lowest BCUT2D eigenvalue weighted by Gasteiger charge is -2.15. The van der Waals surface area contributed by atoms with Crippen LogP contribution in [0, 0.1) is 0 Å². The topological polar surface area (TPSA) is 75.6 Å². The molecule has 1 aromatic rings. The SMILES string of the molecule is CNC(=O)CCC(C(=O)O)c1ccccc1OC. The Morgan fingerprint density at radius 3 is 2.61 bits per heavy atom. The van der Waals surface area contributed by atoms with Gasteiger partial charge in [-0.25, -0.2) is 0 Å². The van der Waals surface area contributed by atoms with Gasteiger partial charge in [0.25, 0.3) is 0 Å². The van der Waals surface area contributed by atoms with E-state index in [1.807, 2.05) is 0 Å². The average molecular weight is 251 g/mol. The Kier molecular flexibility index (Phi) is 5.17. The molecule has 1 rings (SSSR count). The van der Waals surface area contributed by atoms with Crippen molar-refractivity contribution in [3.63, 3.8) is 0 Å². The molecule has 0 aliphatic heterocycles. The quantitative estimate of drug-likeness (QED) is 0.801. The van der Waals surface area contributed by atoms with E-state index in [9.17, 15) is 14.7 Å². The fourth-order valence-electron chi connectivity index (χ4n) is 1.77. The number of hydrogen-bond donors (Lipinski definition) is 2. The van der Waals surface area contributed by atoms with E-state index in [0.29, 0.717) is 11.3 Å². The summed E-state index contributed by atoms with van der Waals surface area (Å²) in [5.74, 6) is -1.33. The highest BCUT2D eigenvalue weighted by Crippen LogP contribution is 2.29. The summed E-state index contributed by atoms with van der Waals surface area (Å²) in [6.45, 7) is 0. The summed E-state index contributed by atoms with van der Waals surface area (Å²) >= 11 is 0. The van der Waals surface area contributed by atoms with Crippen LogP contribution in [0.5, 0.6) is 5.75 Å². The maximum atomic E-state index is 11.3. The van der Waals surface area contributed by atoms with Crippen LogP contribution < -0.4 is 10.1 Å². The largest absolute Gasteiger partial charge is 0.496 e. The summed E-state index contributed by atoms with van der Waals surface area (Å²) in [6, 6.07) is 6.96. The Balaban J connectivity index is 2.90. The summed E-state index contributed by atoms with van der Waals surface area (Å²) in [7, 11) is 3.03. The normalized spacial score (nSPS) is 11.7. The molecular weight excluding hydrogens is 234 g/mol. The van der Waals surface area contributed by atoms with Gasteiger partial charge in [0, 0.05) is 19.0 Å². The van der Waals surface area contributed by atoms with Crippen molar-refractivity contribution in [2.24, 2.45) is 0 Å². The second-order valence-electron chi connectivity index (χ2n) is 3.84. The number of nitrogens with one attached hydrogen (secondary N) is 1. The lowest BCUT2D eigenvalue weighted by Crippen LogP contribution is -2.20. The fourth-order valence-corrected chi connectivity index (χ4v) is 1.77. The summed E-state index contributed by atoms with van der Waals surface area (Å²) in [5, 5.41) is 11.7. The number of aliphatic carboxylic acids is 1. The molecule has 1 atom stereocenters. The molecule has 0 heterocycles. The zero-order chi connectivity index (χ0) is 13.5. The number of methoxy groups -OCH3 is 1. The molecule has 0 aromatic heterocycles. The number of amides is 1. The predicted octanol–water partition coefficient (Wildman–Crippen LogP) is 1.39. The minimum Gasteiger partial charge on any atom is -0.496 e. The monoisotopic (exact) mass is 251 g/mol. The van der Waals surface area contributed by atoms with Crippen LogP contribution >= 0.6 is 0 Å². The smallest absolute Gasteiger partial charge is 0.311 e. The first-order valence-electron chi connectivity index (χ1n) is 5.66. The van der Waals surface area contributed by atoms with E-state index >= 15 is 0 Å². The van der Waals surface area contributed by atoms with E-state index < -0.39 is 11.9 Å². The molecule has 1 amide bonds. The van der Waals surface area contributed by atoms with E-state index in [2.05, 4.69) is 5.32 Å². The van der Waals surface area contributed by atoms with Crippen molar-refractivity contribution in [3.8, 4) is 5.75 Å². The van der Waals surface area contributed by atoms with E-state index in [0.717, 1.165) is 0 Å². The van der Waals surface area contributed by atoms with Crippen LogP contribution in [-0.2, 0) is 9.59 Å². The number of carboxylic acid groups (broad SMARTS) is 1. The Bertz CT molecular complexity index is 431. The first-order chi connectivity index (χ1) is 8.60. The van der Waals surface area contributed by atoms with Crippen LogP contribution in [0.4, 0.5) is 0 Å². The molecule has 0 aliphatic rings. The Morgan fingerprint density at radius 1 is 1.39 bits per heavy atom. The molecule has 0 fully saturated rings. The highest BCUT2D eigenvalue weighted by atomic mass is 16.5. The van der Waals surface area contributed by atoms with Gasteiger partial charge >= 0.3 is 5.97 Å². The number of ether oxygens (including phenoxy) is 1. The van der Waals surface area contributed by atoms with Crippen LogP contribution in [-0.4, -0.2) is 31.1 Å². The highest BCUT2D eigenvalue weighted by Gasteiger charge is 2.23. The van der Waals surface area contributed by atoms with Crippen molar-refractivity contribution in [3.05, 3.63) is 29.8 Å². The van der Waals surface area contributed by atoms with Gasteiger partial charge in [-0.3, -0.25) is 9.59 Å². The fraction of sp³-hybridized carbons (Fsp3) is 0.385. The minimum absolute atomic E-state index is 0.170. The van der Waals surface area contributed by atoms with Crippen molar-refractivity contribution in [2.45, 2.75) is 18.8 Å². The molecule has 98 valence electrons. The van der Waals surface area contributed by atoms with Crippen LogP contribution in [0.2, 0.25) is 0 Å². The van der Waals surface area contributed by atoms with Gasteiger partial charge in [0.05, 0.1) is 13.0 Å². The number of benzene rings is 1. The molecule has 0 bridgehead atoms. The summed E-state index contributed by atoms with van der Waals surface area (Å²) < 4.78 is 5.15. The van der Waals surface area contributed by atoms with E-state index in [4.69, 9.17) is 4.74 Å². The standard InChI is InChI=1S/C13H17NO4/c1-14-12(15)8-7-10(13(16)17)9-5-3-4-6-11(9)18-2/h3-6,10H,7-8H2,1-2H3,(H,14,15)(H,16,17). The van der Waals surface area contributed by atoms with Crippen molar-refractivity contribution >= 4 is 11.9 Å². The molecule has 1 aromatic carbocycles. The molecular formula is C13H17NO4. The van der Waals surface area contributed by atoms with Crippen LogP contribution in [0.25, 0.3) is 0 Å². The second-order valence-corrected chi connectivity index (χ2v) is 3.84. The maximum absolute atomic E-state index is 11.3. The molecule has 0 spiro atoms. The van der Waals surface area contributed by atoms with Gasteiger partial charge in [-0.2, -0.15) is 0 Å². The number of carbonyl (C=O) groups excluding carboxylic acids is 1. The average Bonchev–Trinajstić information content (AvgIpc) is 2.38. The maximum Gasteiger partial charge on any atom is 0.311 e. The molecule has 0 saturated carbocycles. The zero-order valence-corrected chi connectivity index (χ0v) is 10.5. The Morgan fingerprint density at radius 2 is 2.06 bits per heavy atom. The van der Waals surface area contributed by atoms with E-state index in [1.165, 1.54) is 14.2 Å². The van der Waals surface area contributed by atoms with Gasteiger partial charge in [-0.15, -0.1) is 0 Å². The van der Waals surface area contributed by atoms with Crippen LogP contribution in [0.1, 0.15) is 24.3 Å². The van der Waals surface area contributed by atoms with Gasteiger partial charge < -0.3 is 15.2 Å².